The number of amides is 1. The minimum atomic E-state index is -0.497. The highest BCUT2D eigenvalue weighted by Crippen LogP contribution is 2.33. The Balaban J connectivity index is 1.62. The Morgan fingerprint density at radius 2 is 1.76 bits per heavy atom. The van der Waals surface area contributed by atoms with E-state index in [9.17, 15) is 9.18 Å². The van der Waals surface area contributed by atoms with E-state index in [-0.39, 0.29) is 24.5 Å². The molecule has 3 atom stereocenters. The van der Waals surface area contributed by atoms with Gasteiger partial charge in [0, 0.05) is 12.5 Å². The van der Waals surface area contributed by atoms with Crippen LogP contribution in [0.5, 0.6) is 0 Å². The Hall–Kier alpha value is -2.20. The molecule has 0 aromatic heterocycles. The van der Waals surface area contributed by atoms with Gasteiger partial charge >= 0.3 is 0 Å². The van der Waals surface area contributed by atoms with Gasteiger partial charge in [-0.25, -0.2) is 0 Å². The second-order valence-corrected chi connectivity index (χ2v) is 6.60. The maximum Gasteiger partial charge on any atom is 0.228 e. The first-order valence-electron chi connectivity index (χ1n) is 8.73. The van der Waals surface area contributed by atoms with Crippen LogP contribution in [-0.2, 0) is 16.1 Å². The van der Waals surface area contributed by atoms with Crippen LogP contribution in [-0.4, -0.2) is 30.6 Å². The molecule has 0 saturated carbocycles. The Morgan fingerprint density at radius 3 is 2.40 bits per heavy atom. The van der Waals surface area contributed by atoms with Crippen LogP contribution in [0.3, 0.4) is 0 Å². The van der Waals surface area contributed by atoms with Gasteiger partial charge in [0.15, 0.2) is 0 Å². The van der Waals surface area contributed by atoms with Gasteiger partial charge in [-0.15, -0.1) is 0 Å². The number of ether oxygens (including phenoxy) is 1. The standard InChI is InChI=1S/C21H24FNO2/c1-16(18-10-6-3-7-11-18)23-13-19(12-22)20(21(23)24)15-25-14-17-8-4-2-5-9-17/h2-11,16,19-20H,12-15H2,1H3/t16-,19-,20+/m0/s1. The van der Waals surface area contributed by atoms with Crippen molar-refractivity contribution in [2.45, 2.75) is 19.6 Å². The Kier molecular flexibility index (Phi) is 5.82. The molecule has 0 unspecified atom stereocenters. The van der Waals surface area contributed by atoms with Crippen molar-refractivity contribution in [1.82, 2.24) is 4.90 Å². The number of nitrogens with zero attached hydrogens (tertiary/aromatic N) is 1. The zero-order chi connectivity index (χ0) is 17.6. The molecule has 2 aromatic rings. The van der Waals surface area contributed by atoms with Gasteiger partial charge in [-0.3, -0.25) is 9.18 Å². The first-order chi connectivity index (χ1) is 12.2. The number of likely N-dealkylation sites (tertiary alicyclic amines) is 1. The lowest BCUT2D eigenvalue weighted by Crippen LogP contribution is -2.31. The number of carbonyl (C=O) groups excluding carboxylic acids is 1. The van der Waals surface area contributed by atoms with Gasteiger partial charge in [-0.05, 0) is 18.1 Å². The van der Waals surface area contributed by atoms with E-state index >= 15 is 0 Å². The molecule has 0 bridgehead atoms. The lowest BCUT2D eigenvalue weighted by molar-refractivity contribution is -0.134. The fraction of sp³-hybridized carbons (Fsp3) is 0.381. The number of hydrogen-bond acceptors (Lipinski definition) is 2. The smallest absolute Gasteiger partial charge is 0.228 e. The van der Waals surface area contributed by atoms with Crippen molar-refractivity contribution in [3.63, 3.8) is 0 Å². The Bertz CT molecular complexity index is 677. The molecule has 0 aliphatic carbocycles. The number of alkyl halides is 1. The molecule has 0 radical (unpaired) electrons. The molecule has 1 saturated heterocycles. The fourth-order valence-electron chi connectivity index (χ4n) is 3.39. The summed E-state index contributed by atoms with van der Waals surface area (Å²) < 4.78 is 19.2. The summed E-state index contributed by atoms with van der Waals surface area (Å²) >= 11 is 0. The van der Waals surface area contributed by atoms with Crippen LogP contribution < -0.4 is 0 Å². The van der Waals surface area contributed by atoms with Crippen LogP contribution in [0.2, 0.25) is 0 Å². The zero-order valence-corrected chi connectivity index (χ0v) is 14.5. The number of halogens is 1. The predicted molar refractivity (Wildman–Crippen MR) is 95.6 cm³/mol. The van der Waals surface area contributed by atoms with Crippen LogP contribution >= 0.6 is 0 Å². The average molecular weight is 341 g/mol. The highest BCUT2D eigenvalue weighted by molar-refractivity contribution is 5.82. The molecule has 4 heteroatoms. The van der Waals surface area contributed by atoms with E-state index in [4.69, 9.17) is 4.74 Å². The van der Waals surface area contributed by atoms with E-state index in [0.29, 0.717) is 13.2 Å². The normalized spacial score (nSPS) is 21.5. The Morgan fingerprint density at radius 1 is 1.12 bits per heavy atom. The molecule has 1 amide bonds. The maximum absolute atomic E-state index is 13.5. The lowest BCUT2D eigenvalue weighted by Gasteiger charge is -2.25. The molecule has 3 nitrogen and oxygen atoms in total. The quantitative estimate of drug-likeness (QED) is 0.761. The zero-order valence-electron chi connectivity index (χ0n) is 14.5. The molecule has 3 rings (SSSR count). The first kappa shape index (κ1) is 17.6. The third kappa shape index (κ3) is 4.07. The summed E-state index contributed by atoms with van der Waals surface area (Å²) in [4.78, 5) is 14.6. The predicted octanol–water partition coefficient (Wildman–Crippen LogP) is 4.01. The molecule has 1 aliphatic heterocycles. The minimum absolute atomic E-state index is 0.00735. The molecular formula is C21H24FNO2. The molecule has 0 spiro atoms. The van der Waals surface area contributed by atoms with Crippen molar-refractivity contribution in [1.29, 1.82) is 0 Å². The van der Waals surface area contributed by atoms with Crippen molar-refractivity contribution < 1.29 is 13.9 Å². The molecule has 0 N–H and O–H groups in total. The summed E-state index contributed by atoms with van der Waals surface area (Å²) in [6.45, 7) is 2.65. The van der Waals surface area contributed by atoms with E-state index in [1.165, 1.54) is 0 Å². The second-order valence-electron chi connectivity index (χ2n) is 6.60. The van der Waals surface area contributed by atoms with Crippen LogP contribution in [0, 0.1) is 11.8 Å². The van der Waals surface area contributed by atoms with E-state index in [1.807, 2.05) is 67.6 Å². The molecule has 25 heavy (non-hydrogen) atoms. The summed E-state index contributed by atoms with van der Waals surface area (Å²) in [6, 6.07) is 19.6. The van der Waals surface area contributed by atoms with Gasteiger partial charge in [0.05, 0.1) is 31.8 Å². The molecule has 1 aliphatic rings. The SMILES string of the molecule is C[C@@H](c1ccccc1)N1C[C@H](CF)[C@@H](COCc2ccccc2)C1=O. The van der Waals surface area contributed by atoms with Crippen molar-refractivity contribution >= 4 is 5.91 Å². The fourth-order valence-corrected chi connectivity index (χ4v) is 3.39. The van der Waals surface area contributed by atoms with Crippen LogP contribution in [0.15, 0.2) is 60.7 Å². The summed E-state index contributed by atoms with van der Waals surface area (Å²) in [7, 11) is 0. The number of rotatable bonds is 7. The van der Waals surface area contributed by atoms with Crippen molar-refractivity contribution in [2.24, 2.45) is 11.8 Å². The number of benzene rings is 2. The van der Waals surface area contributed by atoms with Gasteiger partial charge < -0.3 is 9.64 Å². The average Bonchev–Trinajstić information content (AvgIpc) is 2.99. The topological polar surface area (TPSA) is 29.5 Å². The summed E-state index contributed by atoms with van der Waals surface area (Å²) in [6.07, 6.45) is 0. The first-order valence-corrected chi connectivity index (χ1v) is 8.73. The van der Waals surface area contributed by atoms with E-state index in [1.54, 1.807) is 4.90 Å². The minimum Gasteiger partial charge on any atom is -0.376 e. The highest BCUT2D eigenvalue weighted by Gasteiger charge is 2.42. The van der Waals surface area contributed by atoms with Gasteiger partial charge in [-0.2, -0.15) is 0 Å². The number of hydrogen-bond donors (Lipinski definition) is 0. The summed E-state index contributed by atoms with van der Waals surface area (Å²) in [5.74, 6) is -0.707. The van der Waals surface area contributed by atoms with E-state index in [2.05, 4.69) is 0 Å². The largest absolute Gasteiger partial charge is 0.376 e. The second kappa shape index (κ2) is 8.26. The number of carbonyl (C=O) groups is 1. The summed E-state index contributed by atoms with van der Waals surface area (Å²) in [5, 5.41) is 0. The molecular weight excluding hydrogens is 317 g/mol. The molecule has 2 aromatic carbocycles. The Labute approximate surface area is 148 Å². The van der Waals surface area contributed by atoms with Gasteiger partial charge in [0.25, 0.3) is 0 Å². The monoisotopic (exact) mass is 341 g/mol. The molecule has 132 valence electrons. The third-order valence-corrected chi connectivity index (χ3v) is 4.96. The van der Waals surface area contributed by atoms with Crippen LogP contribution in [0.25, 0.3) is 0 Å². The van der Waals surface area contributed by atoms with Crippen LogP contribution in [0.4, 0.5) is 4.39 Å². The van der Waals surface area contributed by atoms with Gasteiger partial charge in [0.2, 0.25) is 5.91 Å². The van der Waals surface area contributed by atoms with E-state index < -0.39 is 12.6 Å². The van der Waals surface area contributed by atoms with Gasteiger partial charge in [-0.1, -0.05) is 60.7 Å². The van der Waals surface area contributed by atoms with Gasteiger partial charge in [0.1, 0.15) is 0 Å². The van der Waals surface area contributed by atoms with E-state index in [0.717, 1.165) is 11.1 Å². The molecule has 1 heterocycles. The van der Waals surface area contributed by atoms with Crippen molar-refractivity contribution in [3.8, 4) is 0 Å². The summed E-state index contributed by atoms with van der Waals surface area (Å²) in [5.41, 5.74) is 2.12. The lowest BCUT2D eigenvalue weighted by atomic mass is 9.98. The van der Waals surface area contributed by atoms with Crippen LogP contribution in [0.1, 0.15) is 24.1 Å². The molecule has 1 fully saturated rings. The highest BCUT2D eigenvalue weighted by atomic mass is 19.1. The van der Waals surface area contributed by atoms with Crippen molar-refractivity contribution in [3.05, 3.63) is 71.8 Å². The maximum atomic E-state index is 13.5. The third-order valence-electron chi connectivity index (χ3n) is 4.96. The van der Waals surface area contributed by atoms with Crippen molar-refractivity contribution in [2.75, 3.05) is 19.8 Å².